The Kier molecular flexibility index (Phi) is 2.98. The number of nitrogens with zero attached hydrogens (tertiary/aromatic N) is 1. The number of carbonyl (C=O) groups is 2. The van der Waals surface area contributed by atoms with Crippen LogP contribution in [0.15, 0.2) is 52.3 Å². The van der Waals surface area contributed by atoms with E-state index in [0.29, 0.717) is 6.42 Å². The van der Waals surface area contributed by atoms with Gasteiger partial charge in [-0.05, 0) is 24.3 Å². The maximum atomic E-state index is 13.1. The molecule has 2 atom stereocenters. The molecule has 1 aromatic carbocycles. The van der Waals surface area contributed by atoms with Crippen molar-refractivity contribution in [2.45, 2.75) is 25.2 Å². The Balaban J connectivity index is 1.77. The van der Waals surface area contributed by atoms with Crippen LogP contribution in [0.5, 0.6) is 0 Å². The van der Waals surface area contributed by atoms with Gasteiger partial charge in [-0.2, -0.15) is 0 Å². The molecule has 1 fully saturated rings. The number of fused-ring (bicyclic) bond motifs is 3. The number of benzene rings is 1. The summed E-state index contributed by atoms with van der Waals surface area (Å²) in [5.41, 5.74) is 4.13. The topological polar surface area (TPSA) is 46.5 Å². The van der Waals surface area contributed by atoms with E-state index in [-0.39, 0.29) is 23.4 Å². The molecule has 1 saturated carbocycles. The van der Waals surface area contributed by atoms with Crippen LogP contribution in [0.3, 0.4) is 0 Å². The molecule has 0 N–H and O–H groups in total. The monoisotopic (exact) mass is 333 g/mol. The summed E-state index contributed by atoms with van der Waals surface area (Å²) in [6.07, 6.45) is 2.31. The molecule has 2 unspecified atom stereocenters. The third kappa shape index (κ3) is 1.80. The van der Waals surface area contributed by atoms with Gasteiger partial charge in [0.05, 0.1) is 11.6 Å². The maximum absolute atomic E-state index is 13.1. The lowest BCUT2D eigenvalue weighted by atomic mass is 9.71. The molecule has 1 aliphatic heterocycles. The van der Waals surface area contributed by atoms with E-state index in [1.165, 1.54) is 0 Å². The van der Waals surface area contributed by atoms with Gasteiger partial charge in [0.1, 0.15) is 5.78 Å². The number of hydrogen-bond donors (Lipinski definition) is 0. The average Bonchev–Trinajstić information content (AvgIpc) is 3.22. The minimum absolute atomic E-state index is 0.0418. The molecule has 118 valence electrons. The number of hydrogen-bond acceptors (Lipinski definition) is 4. The van der Waals surface area contributed by atoms with Crippen LogP contribution in [-0.4, -0.2) is 17.3 Å². The molecule has 5 rings (SSSR count). The second-order valence-corrected chi connectivity index (χ2v) is 7.51. The SMILES string of the molecule is O=C1C2=C(N=C3CCCC(=O)C3C2c2cccs2)c2ccccc21. The van der Waals surface area contributed by atoms with E-state index in [4.69, 9.17) is 4.99 Å². The highest BCUT2D eigenvalue weighted by atomic mass is 32.1. The summed E-state index contributed by atoms with van der Waals surface area (Å²) in [4.78, 5) is 31.7. The smallest absolute Gasteiger partial charge is 0.192 e. The van der Waals surface area contributed by atoms with E-state index in [1.807, 2.05) is 41.8 Å². The van der Waals surface area contributed by atoms with Crippen LogP contribution >= 0.6 is 11.3 Å². The molecule has 0 spiro atoms. The minimum atomic E-state index is -0.255. The van der Waals surface area contributed by atoms with Crippen molar-refractivity contribution in [3.8, 4) is 0 Å². The normalized spacial score (nSPS) is 25.2. The average molecular weight is 333 g/mol. The molecule has 1 aromatic heterocycles. The quantitative estimate of drug-likeness (QED) is 0.782. The van der Waals surface area contributed by atoms with Crippen LogP contribution in [0.4, 0.5) is 0 Å². The Hall–Kier alpha value is -2.33. The van der Waals surface area contributed by atoms with Crippen LogP contribution < -0.4 is 0 Å². The first kappa shape index (κ1) is 14.1. The molecule has 2 aliphatic carbocycles. The molecule has 0 amide bonds. The lowest BCUT2D eigenvalue weighted by Gasteiger charge is -2.34. The Bertz CT molecular complexity index is 936. The fraction of sp³-hybridized carbons (Fsp3) is 0.250. The fourth-order valence-electron chi connectivity index (χ4n) is 4.22. The second-order valence-electron chi connectivity index (χ2n) is 6.53. The van der Waals surface area contributed by atoms with E-state index in [9.17, 15) is 9.59 Å². The van der Waals surface area contributed by atoms with Gasteiger partial charge in [0.15, 0.2) is 5.78 Å². The number of allylic oxidation sites excluding steroid dienone is 1. The van der Waals surface area contributed by atoms with Crippen molar-refractivity contribution in [2.75, 3.05) is 0 Å². The molecule has 4 heteroatoms. The minimum Gasteiger partial charge on any atom is -0.299 e. The van der Waals surface area contributed by atoms with Crippen LogP contribution in [0.1, 0.15) is 46.0 Å². The summed E-state index contributed by atoms with van der Waals surface area (Å²) in [6.45, 7) is 0. The molecule has 3 aliphatic rings. The van der Waals surface area contributed by atoms with Crippen molar-refractivity contribution in [1.82, 2.24) is 0 Å². The molecule has 24 heavy (non-hydrogen) atoms. The number of aliphatic imine (C=N–C) groups is 1. The predicted octanol–water partition coefficient (Wildman–Crippen LogP) is 4.26. The predicted molar refractivity (Wildman–Crippen MR) is 94.5 cm³/mol. The van der Waals surface area contributed by atoms with E-state index in [0.717, 1.165) is 45.8 Å². The summed E-state index contributed by atoms with van der Waals surface area (Å²) in [7, 11) is 0. The van der Waals surface area contributed by atoms with Gasteiger partial charge in [-0.15, -0.1) is 11.3 Å². The zero-order valence-corrected chi connectivity index (χ0v) is 13.8. The summed E-state index contributed by atoms with van der Waals surface area (Å²) < 4.78 is 0. The van der Waals surface area contributed by atoms with E-state index in [2.05, 4.69) is 0 Å². The molecule has 0 radical (unpaired) electrons. The first-order valence-electron chi connectivity index (χ1n) is 8.27. The van der Waals surface area contributed by atoms with Gasteiger partial charge < -0.3 is 0 Å². The molecule has 0 bridgehead atoms. The van der Waals surface area contributed by atoms with E-state index >= 15 is 0 Å². The number of rotatable bonds is 1. The number of thiophene rings is 1. The van der Waals surface area contributed by atoms with E-state index in [1.54, 1.807) is 11.3 Å². The molecular formula is C20H15NO2S. The van der Waals surface area contributed by atoms with Gasteiger partial charge in [0, 0.05) is 39.6 Å². The number of ketones is 2. The van der Waals surface area contributed by atoms with Gasteiger partial charge in [0.25, 0.3) is 0 Å². The van der Waals surface area contributed by atoms with Gasteiger partial charge >= 0.3 is 0 Å². The summed E-state index contributed by atoms with van der Waals surface area (Å²) in [5.74, 6) is -0.150. The highest BCUT2D eigenvalue weighted by Crippen LogP contribution is 2.50. The first-order chi connectivity index (χ1) is 11.8. The number of Topliss-reactive ketones (excluding diaryl/α,β-unsaturated/α-hetero) is 2. The van der Waals surface area contributed by atoms with Crippen LogP contribution in [-0.2, 0) is 4.79 Å². The molecular weight excluding hydrogens is 318 g/mol. The van der Waals surface area contributed by atoms with Gasteiger partial charge in [-0.3, -0.25) is 14.6 Å². The Morgan fingerprint density at radius 1 is 0.958 bits per heavy atom. The standard InChI is InChI=1S/C20H15NO2S/c22-14-8-3-7-13-16(14)17(15-9-4-10-24-15)18-19(21-13)11-5-1-2-6-12(11)20(18)23/h1-2,4-6,9-10,16-17H,3,7-8H2. The molecule has 3 nitrogen and oxygen atoms in total. The molecule has 2 aromatic rings. The zero-order chi connectivity index (χ0) is 16.3. The highest BCUT2D eigenvalue weighted by Gasteiger charge is 2.47. The number of carbonyl (C=O) groups excluding carboxylic acids is 2. The van der Waals surface area contributed by atoms with Crippen molar-refractivity contribution < 1.29 is 9.59 Å². The fourth-order valence-corrected chi connectivity index (χ4v) is 5.10. The van der Waals surface area contributed by atoms with E-state index < -0.39 is 0 Å². The Morgan fingerprint density at radius 2 is 1.79 bits per heavy atom. The van der Waals surface area contributed by atoms with Gasteiger partial charge in [-0.25, -0.2) is 0 Å². The van der Waals surface area contributed by atoms with Crippen LogP contribution in [0.2, 0.25) is 0 Å². The van der Waals surface area contributed by atoms with Crippen molar-refractivity contribution in [2.24, 2.45) is 10.9 Å². The van der Waals surface area contributed by atoms with Crippen molar-refractivity contribution >= 4 is 34.3 Å². The third-order valence-corrected chi connectivity index (χ3v) is 6.19. The lowest BCUT2D eigenvalue weighted by molar-refractivity contribution is -0.121. The highest BCUT2D eigenvalue weighted by molar-refractivity contribution is 7.10. The van der Waals surface area contributed by atoms with Gasteiger partial charge in [-0.1, -0.05) is 30.3 Å². The van der Waals surface area contributed by atoms with Crippen molar-refractivity contribution in [1.29, 1.82) is 0 Å². The summed E-state index contributed by atoms with van der Waals surface area (Å²) in [6, 6.07) is 11.7. The first-order valence-corrected chi connectivity index (χ1v) is 9.15. The van der Waals surface area contributed by atoms with Crippen LogP contribution in [0, 0.1) is 5.92 Å². The Labute approximate surface area is 143 Å². The second kappa shape index (κ2) is 5.08. The van der Waals surface area contributed by atoms with Crippen molar-refractivity contribution in [3.05, 3.63) is 63.4 Å². The molecule has 0 saturated heterocycles. The third-order valence-electron chi connectivity index (χ3n) is 5.24. The zero-order valence-electron chi connectivity index (χ0n) is 13.0. The largest absolute Gasteiger partial charge is 0.299 e. The molecule has 2 heterocycles. The Morgan fingerprint density at radius 3 is 2.58 bits per heavy atom. The lowest BCUT2D eigenvalue weighted by Crippen LogP contribution is -2.37. The maximum Gasteiger partial charge on any atom is 0.192 e. The summed E-state index contributed by atoms with van der Waals surface area (Å²) >= 11 is 1.62. The van der Waals surface area contributed by atoms with Gasteiger partial charge in [0.2, 0.25) is 0 Å². The van der Waals surface area contributed by atoms with Crippen molar-refractivity contribution in [3.63, 3.8) is 0 Å². The summed E-state index contributed by atoms with van der Waals surface area (Å²) in [5, 5.41) is 2.01. The van der Waals surface area contributed by atoms with Crippen LogP contribution in [0.25, 0.3) is 5.70 Å².